The van der Waals surface area contributed by atoms with Crippen molar-refractivity contribution in [1.29, 1.82) is 0 Å². The van der Waals surface area contributed by atoms with Crippen LogP contribution in [0.3, 0.4) is 0 Å². The highest BCUT2D eigenvalue weighted by Gasteiger charge is 2.15. The van der Waals surface area contributed by atoms with E-state index in [1.165, 1.54) is 26.4 Å². The third kappa shape index (κ3) is 6.40. The van der Waals surface area contributed by atoms with Crippen LogP contribution in [0.4, 0.5) is 11.4 Å². The second kappa shape index (κ2) is 10.6. The number of ether oxygens (including phenoxy) is 2. The molecule has 0 aliphatic heterocycles. The maximum atomic E-state index is 12.6. The number of aryl methyl sites for hydroxylation is 2. The number of nitrogens with one attached hydrogen (secondary N) is 2. The summed E-state index contributed by atoms with van der Waals surface area (Å²) in [6.07, 6.45) is 0.631. The van der Waals surface area contributed by atoms with E-state index in [1.54, 1.807) is 36.4 Å². The Hall–Kier alpha value is -3.23. The SMILES string of the molecule is COc1cc(NC(=O)CCc2ccc(S(=O)(=O)Nc3ccc(C)cc3)cc2)c(OC)cc1Cl. The Labute approximate surface area is 198 Å². The molecule has 0 spiro atoms. The van der Waals surface area contributed by atoms with Crippen molar-refractivity contribution in [3.8, 4) is 11.5 Å². The lowest BCUT2D eigenvalue weighted by atomic mass is 10.1. The van der Waals surface area contributed by atoms with Gasteiger partial charge in [0.1, 0.15) is 11.5 Å². The van der Waals surface area contributed by atoms with E-state index in [-0.39, 0.29) is 17.2 Å². The summed E-state index contributed by atoms with van der Waals surface area (Å²) in [7, 11) is -0.730. The van der Waals surface area contributed by atoms with Crippen molar-refractivity contribution in [2.24, 2.45) is 0 Å². The van der Waals surface area contributed by atoms with Gasteiger partial charge in [0.15, 0.2) is 0 Å². The van der Waals surface area contributed by atoms with Gasteiger partial charge in [0.2, 0.25) is 5.91 Å². The number of halogens is 1. The molecule has 9 heteroatoms. The average Bonchev–Trinajstić information content (AvgIpc) is 2.80. The zero-order valence-electron chi connectivity index (χ0n) is 18.5. The molecule has 33 heavy (non-hydrogen) atoms. The molecule has 2 N–H and O–H groups in total. The monoisotopic (exact) mass is 488 g/mol. The molecule has 0 atom stereocenters. The molecule has 1 amide bonds. The minimum atomic E-state index is -3.70. The largest absolute Gasteiger partial charge is 0.495 e. The lowest BCUT2D eigenvalue weighted by Crippen LogP contribution is -2.14. The summed E-state index contributed by atoms with van der Waals surface area (Å²) < 4.78 is 38.2. The normalized spacial score (nSPS) is 11.0. The second-order valence-electron chi connectivity index (χ2n) is 7.35. The van der Waals surface area contributed by atoms with Gasteiger partial charge in [-0.2, -0.15) is 0 Å². The fraction of sp³-hybridized carbons (Fsp3) is 0.208. The lowest BCUT2D eigenvalue weighted by molar-refractivity contribution is -0.116. The standard InChI is InChI=1S/C24H25ClN2O5S/c1-16-4-9-18(10-5-16)27-33(29,30)19-11-6-17(7-12-19)8-13-24(28)26-21-15-22(31-2)20(25)14-23(21)32-3/h4-7,9-12,14-15,27H,8,13H2,1-3H3,(H,26,28). The summed E-state index contributed by atoms with van der Waals surface area (Å²) in [5.74, 6) is 0.615. The average molecular weight is 489 g/mol. The van der Waals surface area contributed by atoms with Gasteiger partial charge in [-0.15, -0.1) is 0 Å². The van der Waals surface area contributed by atoms with Crippen LogP contribution in [0.25, 0.3) is 0 Å². The molecule has 3 aromatic rings. The zero-order valence-corrected chi connectivity index (χ0v) is 20.1. The zero-order chi connectivity index (χ0) is 24.0. The number of hydrogen-bond donors (Lipinski definition) is 2. The van der Waals surface area contributed by atoms with Gasteiger partial charge in [0.05, 0.1) is 29.8 Å². The molecule has 174 valence electrons. The molecule has 0 aromatic heterocycles. The van der Waals surface area contributed by atoms with E-state index in [0.29, 0.717) is 34.3 Å². The summed E-state index contributed by atoms with van der Waals surface area (Å²) in [5.41, 5.74) is 2.82. The van der Waals surface area contributed by atoms with E-state index in [2.05, 4.69) is 10.0 Å². The Bertz CT molecular complexity index is 1230. The van der Waals surface area contributed by atoms with Crippen molar-refractivity contribution in [2.45, 2.75) is 24.7 Å². The summed E-state index contributed by atoms with van der Waals surface area (Å²) in [6.45, 7) is 1.93. The topological polar surface area (TPSA) is 93.7 Å². The van der Waals surface area contributed by atoms with Crippen LogP contribution in [-0.4, -0.2) is 28.5 Å². The molecule has 7 nitrogen and oxygen atoms in total. The Morgan fingerprint density at radius 1 is 0.939 bits per heavy atom. The van der Waals surface area contributed by atoms with Crippen LogP contribution in [0, 0.1) is 6.92 Å². The smallest absolute Gasteiger partial charge is 0.261 e. The van der Waals surface area contributed by atoms with E-state index in [1.807, 2.05) is 19.1 Å². The third-order valence-electron chi connectivity index (χ3n) is 4.93. The van der Waals surface area contributed by atoms with Gasteiger partial charge in [-0.25, -0.2) is 8.42 Å². The van der Waals surface area contributed by atoms with Gasteiger partial charge in [0.25, 0.3) is 10.0 Å². The minimum Gasteiger partial charge on any atom is -0.495 e. The Balaban J connectivity index is 1.61. The second-order valence-corrected chi connectivity index (χ2v) is 9.44. The van der Waals surface area contributed by atoms with E-state index >= 15 is 0 Å². The van der Waals surface area contributed by atoms with Crippen LogP contribution in [0.2, 0.25) is 5.02 Å². The number of hydrogen-bond acceptors (Lipinski definition) is 5. The number of carbonyl (C=O) groups excluding carboxylic acids is 1. The van der Waals surface area contributed by atoms with Crippen LogP contribution < -0.4 is 19.5 Å². The number of anilines is 2. The Morgan fingerprint density at radius 3 is 2.18 bits per heavy atom. The van der Waals surface area contributed by atoms with E-state index in [0.717, 1.165) is 11.1 Å². The van der Waals surface area contributed by atoms with Crippen LogP contribution in [-0.2, 0) is 21.2 Å². The van der Waals surface area contributed by atoms with Crippen molar-refractivity contribution in [1.82, 2.24) is 0 Å². The molecule has 0 saturated carbocycles. The summed E-state index contributed by atoms with van der Waals surface area (Å²) in [6, 6.07) is 16.7. The first-order valence-corrected chi connectivity index (χ1v) is 12.0. The number of carbonyl (C=O) groups is 1. The first kappa shape index (κ1) is 24.4. The predicted molar refractivity (Wildman–Crippen MR) is 130 cm³/mol. The van der Waals surface area contributed by atoms with Crippen molar-refractivity contribution >= 4 is 38.9 Å². The third-order valence-corrected chi connectivity index (χ3v) is 6.62. The van der Waals surface area contributed by atoms with Crippen LogP contribution in [0.1, 0.15) is 17.5 Å². The van der Waals surface area contributed by atoms with Crippen LogP contribution in [0.5, 0.6) is 11.5 Å². The highest BCUT2D eigenvalue weighted by molar-refractivity contribution is 7.92. The quantitative estimate of drug-likeness (QED) is 0.440. The molecule has 0 heterocycles. The highest BCUT2D eigenvalue weighted by Crippen LogP contribution is 2.36. The van der Waals surface area contributed by atoms with E-state index in [4.69, 9.17) is 21.1 Å². The molecular formula is C24H25ClN2O5S. The van der Waals surface area contributed by atoms with Crippen LogP contribution in [0.15, 0.2) is 65.6 Å². The maximum Gasteiger partial charge on any atom is 0.261 e. The predicted octanol–water partition coefficient (Wildman–Crippen LogP) is 5.04. The van der Waals surface area contributed by atoms with Crippen molar-refractivity contribution in [2.75, 3.05) is 24.3 Å². The first-order valence-electron chi connectivity index (χ1n) is 10.1. The molecule has 0 aliphatic carbocycles. The maximum absolute atomic E-state index is 12.6. The number of sulfonamides is 1. The number of rotatable bonds is 9. The van der Waals surface area contributed by atoms with Gasteiger partial charge in [-0.05, 0) is 43.2 Å². The molecule has 0 aliphatic rings. The molecular weight excluding hydrogens is 464 g/mol. The fourth-order valence-corrected chi connectivity index (χ4v) is 4.39. The molecule has 0 saturated heterocycles. The number of amides is 1. The minimum absolute atomic E-state index is 0.147. The number of methoxy groups -OCH3 is 2. The molecule has 0 radical (unpaired) electrons. The van der Waals surface area contributed by atoms with Gasteiger partial charge in [0, 0.05) is 24.2 Å². The van der Waals surface area contributed by atoms with E-state index < -0.39 is 10.0 Å². The van der Waals surface area contributed by atoms with Gasteiger partial charge in [-0.1, -0.05) is 41.4 Å². The van der Waals surface area contributed by atoms with Crippen molar-refractivity contribution < 1.29 is 22.7 Å². The highest BCUT2D eigenvalue weighted by atomic mass is 35.5. The van der Waals surface area contributed by atoms with Gasteiger partial charge < -0.3 is 14.8 Å². The summed E-state index contributed by atoms with van der Waals surface area (Å²) >= 11 is 6.09. The van der Waals surface area contributed by atoms with Crippen LogP contribution >= 0.6 is 11.6 Å². The summed E-state index contributed by atoms with van der Waals surface area (Å²) in [5, 5.41) is 3.17. The van der Waals surface area contributed by atoms with E-state index in [9.17, 15) is 13.2 Å². The first-order chi connectivity index (χ1) is 15.7. The molecule has 0 unspecified atom stereocenters. The molecule has 0 bridgehead atoms. The van der Waals surface area contributed by atoms with Gasteiger partial charge >= 0.3 is 0 Å². The molecule has 0 fully saturated rings. The van der Waals surface area contributed by atoms with Crippen molar-refractivity contribution in [3.05, 3.63) is 76.8 Å². The fourth-order valence-electron chi connectivity index (χ4n) is 3.10. The molecule has 3 aromatic carbocycles. The number of benzene rings is 3. The van der Waals surface area contributed by atoms with Crippen molar-refractivity contribution in [3.63, 3.8) is 0 Å². The summed E-state index contributed by atoms with van der Waals surface area (Å²) in [4.78, 5) is 12.6. The lowest BCUT2D eigenvalue weighted by Gasteiger charge is -2.13. The Kier molecular flexibility index (Phi) is 7.84. The Morgan fingerprint density at radius 2 is 1.58 bits per heavy atom. The van der Waals surface area contributed by atoms with Gasteiger partial charge in [-0.3, -0.25) is 9.52 Å². The molecule has 3 rings (SSSR count).